The second kappa shape index (κ2) is 11.7. The van der Waals surface area contributed by atoms with Crippen molar-refractivity contribution < 1.29 is 24.5 Å². The summed E-state index contributed by atoms with van der Waals surface area (Å²) in [5.74, 6) is -1.06. The fraction of sp³-hybridized carbons (Fsp3) is 0.750. The highest BCUT2D eigenvalue weighted by molar-refractivity contribution is 8.00. The van der Waals surface area contributed by atoms with Gasteiger partial charge in [0.2, 0.25) is 0 Å². The van der Waals surface area contributed by atoms with Crippen molar-refractivity contribution in [2.75, 3.05) is 6.26 Å². The topological polar surface area (TPSA) is 96.7 Å². The van der Waals surface area contributed by atoms with Crippen LogP contribution in [0.2, 0.25) is 0 Å². The summed E-state index contributed by atoms with van der Waals surface area (Å²) in [7, 11) is 0. The minimum absolute atomic E-state index is 0.00553. The third-order valence-corrected chi connectivity index (χ3v) is 10.8. The Morgan fingerprint density at radius 1 is 1.25 bits per heavy atom. The smallest absolute Gasteiger partial charge is 0.309 e. The molecule has 0 aromatic carbocycles. The van der Waals surface area contributed by atoms with Gasteiger partial charge in [-0.25, -0.2) is 4.98 Å². The summed E-state index contributed by atoms with van der Waals surface area (Å²) in [6.07, 6.45) is 5.16. The van der Waals surface area contributed by atoms with Gasteiger partial charge in [-0.05, 0) is 67.8 Å². The summed E-state index contributed by atoms with van der Waals surface area (Å²) in [6.45, 7) is 12.2. The maximum Gasteiger partial charge on any atom is 0.309 e. The Labute approximate surface area is 224 Å². The molecule has 2 heterocycles. The Balaban J connectivity index is 1.91. The van der Waals surface area contributed by atoms with Gasteiger partial charge in [0.25, 0.3) is 0 Å². The van der Waals surface area contributed by atoms with E-state index in [4.69, 9.17) is 4.74 Å². The van der Waals surface area contributed by atoms with Crippen LogP contribution in [-0.2, 0) is 14.3 Å². The lowest BCUT2D eigenvalue weighted by molar-refractivity contribution is -0.162. The van der Waals surface area contributed by atoms with Crippen LogP contribution in [0.5, 0.6) is 0 Å². The van der Waals surface area contributed by atoms with Crippen molar-refractivity contribution in [3.63, 3.8) is 0 Å². The third-order valence-electron chi connectivity index (χ3n) is 8.88. The summed E-state index contributed by atoms with van der Waals surface area (Å²) < 4.78 is 6.99. The number of ketones is 1. The average Bonchev–Trinajstić information content (AvgIpc) is 3.27. The fourth-order valence-electron chi connectivity index (χ4n) is 5.80. The van der Waals surface area contributed by atoms with Crippen molar-refractivity contribution in [1.82, 2.24) is 4.98 Å². The Hall–Kier alpha value is -1.22. The maximum atomic E-state index is 13.2. The average molecular weight is 538 g/mol. The first kappa shape index (κ1) is 29.3. The monoisotopic (exact) mass is 537 g/mol. The molecule has 8 heteroatoms. The minimum atomic E-state index is -1.15. The van der Waals surface area contributed by atoms with Gasteiger partial charge in [0.05, 0.1) is 29.7 Å². The molecule has 0 amide bonds. The van der Waals surface area contributed by atoms with E-state index in [9.17, 15) is 19.8 Å². The largest absolute Gasteiger partial charge is 0.458 e. The first-order chi connectivity index (χ1) is 16.8. The van der Waals surface area contributed by atoms with Crippen molar-refractivity contribution >= 4 is 40.9 Å². The molecule has 2 aliphatic rings. The first-order valence-corrected chi connectivity index (χ1v) is 15.2. The number of thiazole rings is 1. The molecule has 6 nitrogen and oxygen atoms in total. The number of esters is 1. The zero-order valence-electron chi connectivity index (χ0n) is 22.7. The molecule has 36 heavy (non-hydrogen) atoms. The summed E-state index contributed by atoms with van der Waals surface area (Å²) in [4.78, 5) is 30.9. The van der Waals surface area contributed by atoms with E-state index in [1.54, 1.807) is 36.9 Å². The summed E-state index contributed by atoms with van der Waals surface area (Å²) in [6, 6.07) is 0. The fourth-order valence-corrected chi connectivity index (χ4v) is 7.03. The van der Waals surface area contributed by atoms with Gasteiger partial charge < -0.3 is 14.9 Å². The van der Waals surface area contributed by atoms with Crippen LogP contribution < -0.4 is 0 Å². The zero-order chi connectivity index (χ0) is 26.8. The highest BCUT2D eigenvalue weighted by Gasteiger charge is 2.52. The minimum Gasteiger partial charge on any atom is -0.458 e. The standard InChI is InChI=1S/C28H43NO5S2/c1-16(11-20-15-36-26(29-20)35-7)21-12-17(2)27(4,5)10-8-9-19-14-28(6,22(30)13-23(31)34-21)25(33)18(3)24(19)32/h11,15,17-19,21-22,24,30,32H,8-10,12-14H2,1-7H3/b16-11+/t17-,18+,19+,21-,22-,24+,28+/m0/s1. The maximum absolute atomic E-state index is 13.2. The van der Waals surface area contributed by atoms with Gasteiger partial charge in [-0.2, -0.15) is 0 Å². The quantitative estimate of drug-likeness (QED) is 0.374. The van der Waals surface area contributed by atoms with E-state index >= 15 is 0 Å². The molecule has 1 saturated carbocycles. The number of cyclic esters (lactones) is 1. The predicted octanol–water partition coefficient (Wildman–Crippen LogP) is 5.76. The lowest BCUT2D eigenvalue weighted by Crippen LogP contribution is -2.54. The number of aliphatic hydroxyl groups excluding tert-OH is 2. The van der Waals surface area contributed by atoms with Crippen molar-refractivity contribution in [2.45, 2.75) is 103 Å². The molecule has 1 aliphatic heterocycles. The number of aliphatic hydroxyl groups is 2. The number of thioether (sulfide) groups is 1. The molecule has 1 aromatic rings. The predicted molar refractivity (Wildman–Crippen MR) is 146 cm³/mol. The number of carbonyl (C=O) groups excluding carboxylic acids is 2. The lowest BCUT2D eigenvalue weighted by atomic mass is 9.60. The molecule has 0 spiro atoms. The van der Waals surface area contributed by atoms with Crippen molar-refractivity contribution in [3.8, 4) is 0 Å². The number of Topliss-reactive ketones (excluding diaryl/α,β-unsaturated/α-hetero) is 1. The molecule has 2 fully saturated rings. The zero-order valence-corrected chi connectivity index (χ0v) is 24.4. The van der Waals surface area contributed by atoms with Gasteiger partial charge in [0.15, 0.2) is 0 Å². The number of aromatic nitrogens is 1. The second-order valence-electron chi connectivity index (χ2n) is 11.9. The third kappa shape index (κ3) is 6.43. The van der Waals surface area contributed by atoms with E-state index in [0.717, 1.165) is 34.9 Å². The highest BCUT2D eigenvalue weighted by Crippen LogP contribution is 2.46. The molecule has 2 N–H and O–H groups in total. The lowest BCUT2D eigenvalue weighted by Gasteiger charge is -2.46. The van der Waals surface area contributed by atoms with Crippen molar-refractivity contribution in [2.24, 2.45) is 28.6 Å². The van der Waals surface area contributed by atoms with E-state index in [1.165, 1.54) is 0 Å². The van der Waals surface area contributed by atoms with Crippen LogP contribution in [0.15, 0.2) is 15.3 Å². The molecule has 1 aromatic heterocycles. The summed E-state index contributed by atoms with van der Waals surface area (Å²) >= 11 is 3.19. The first-order valence-electron chi connectivity index (χ1n) is 13.1. The van der Waals surface area contributed by atoms with Gasteiger partial charge in [0.1, 0.15) is 16.2 Å². The van der Waals surface area contributed by atoms with Crippen LogP contribution in [0.4, 0.5) is 0 Å². The van der Waals surface area contributed by atoms with E-state index < -0.39 is 35.6 Å². The van der Waals surface area contributed by atoms with Crippen LogP contribution in [-0.4, -0.2) is 51.5 Å². The van der Waals surface area contributed by atoms with Crippen LogP contribution in [0, 0.1) is 28.6 Å². The molecule has 202 valence electrons. The number of ether oxygens (including phenoxy) is 1. The summed E-state index contributed by atoms with van der Waals surface area (Å²) in [5, 5.41) is 24.0. The van der Waals surface area contributed by atoms with E-state index in [1.807, 2.05) is 24.6 Å². The Kier molecular flexibility index (Phi) is 9.51. The van der Waals surface area contributed by atoms with E-state index in [-0.39, 0.29) is 29.5 Å². The van der Waals surface area contributed by atoms with Crippen LogP contribution in [0.1, 0.15) is 85.8 Å². The van der Waals surface area contributed by atoms with Crippen LogP contribution in [0.3, 0.4) is 0 Å². The number of nitrogens with zero attached hydrogens (tertiary/aromatic N) is 1. The second-order valence-corrected chi connectivity index (χ2v) is 13.8. The number of hydrogen-bond donors (Lipinski definition) is 2. The molecule has 1 saturated heterocycles. The van der Waals surface area contributed by atoms with Crippen molar-refractivity contribution in [3.05, 3.63) is 16.6 Å². The van der Waals surface area contributed by atoms with Gasteiger partial charge in [-0.1, -0.05) is 52.8 Å². The SMILES string of the molecule is CSc1nc(/C=C(\C)[C@@H]2C[C@H](C)C(C)(C)CCC[C@@H]3C[C@@](C)(C(=O)[C@H](C)[C@H]3O)[C@@H](O)CC(=O)O2)cs1. The molecule has 0 unspecified atom stereocenters. The Morgan fingerprint density at radius 3 is 2.58 bits per heavy atom. The van der Waals surface area contributed by atoms with Gasteiger partial charge in [-0.15, -0.1) is 11.3 Å². The van der Waals surface area contributed by atoms with Gasteiger partial charge in [0, 0.05) is 11.3 Å². The number of carbonyl (C=O) groups is 2. The Morgan fingerprint density at radius 2 is 1.94 bits per heavy atom. The highest BCUT2D eigenvalue weighted by atomic mass is 32.2. The normalized spacial score (nSPS) is 36.8. The molecular weight excluding hydrogens is 494 g/mol. The van der Waals surface area contributed by atoms with E-state index in [0.29, 0.717) is 12.8 Å². The van der Waals surface area contributed by atoms with Gasteiger partial charge >= 0.3 is 5.97 Å². The molecule has 1 aliphatic carbocycles. The molecule has 2 bridgehead atoms. The number of fused-ring (bicyclic) bond motifs is 2. The molecule has 7 atom stereocenters. The Bertz CT molecular complexity index is 973. The van der Waals surface area contributed by atoms with Crippen molar-refractivity contribution in [1.29, 1.82) is 0 Å². The number of rotatable bonds is 3. The van der Waals surface area contributed by atoms with Crippen LogP contribution >= 0.6 is 23.1 Å². The number of hydrogen-bond acceptors (Lipinski definition) is 8. The summed E-state index contributed by atoms with van der Waals surface area (Å²) in [5.41, 5.74) is 0.696. The van der Waals surface area contributed by atoms with E-state index in [2.05, 4.69) is 25.8 Å². The van der Waals surface area contributed by atoms with Gasteiger partial charge in [-0.3, -0.25) is 9.59 Å². The molecule has 3 rings (SSSR count). The molecular formula is C28H43NO5S2. The molecule has 0 radical (unpaired) electrons. The van der Waals surface area contributed by atoms with Crippen LogP contribution in [0.25, 0.3) is 6.08 Å².